The summed E-state index contributed by atoms with van der Waals surface area (Å²) in [6, 6.07) is 2.80. The van der Waals surface area contributed by atoms with E-state index in [1.165, 1.54) is 0 Å². The summed E-state index contributed by atoms with van der Waals surface area (Å²) in [6.07, 6.45) is 0. The Morgan fingerprint density at radius 3 is 2.39 bits per heavy atom. The molecule has 0 atom stereocenters. The Hall–Kier alpha value is -1.91. The number of hydrogen-bond donors (Lipinski definition) is 1. The van der Waals surface area contributed by atoms with Crippen molar-refractivity contribution in [2.24, 2.45) is 0 Å². The summed E-state index contributed by atoms with van der Waals surface area (Å²) in [5.41, 5.74) is -0.820. The average Bonchev–Trinajstić information content (AvgIpc) is 2.26. The van der Waals surface area contributed by atoms with E-state index in [4.69, 9.17) is 0 Å². The molecule has 0 heterocycles. The van der Waals surface area contributed by atoms with Crippen molar-refractivity contribution in [3.8, 4) is 0 Å². The van der Waals surface area contributed by atoms with Crippen molar-refractivity contribution < 1.29 is 20.7 Å². The van der Waals surface area contributed by atoms with Gasteiger partial charge in [-0.05, 0) is 6.07 Å². The summed E-state index contributed by atoms with van der Waals surface area (Å²) in [6.45, 7) is 1.07. The third-order valence-corrected chi connectivity index (χ3v) is 3.75. The average molecular weight is 366 g/mol. The number of nitrogens with one attached hydrogen (secondary N) is 1. The van der Waals surface area contributed by atoms with Gasteiger partial charge in [0.1, 0.15) is 0 Å². The number of nitro groups is 1. The first kappa shape index (κ1) is 14.2. The normalized spacial score (nSPS) is 10.1. The number of non-ortho nitro benzene ring substituents is 1. The molecule has 0 saturated carbocycles. The maximum atomic E-state index is 11.5. The maximum Gasteiger partial charge on any atom is 0.341 e. The highest BCUT2D eigenvalue weighted by Gasteiger charge is 2.20. The Labute approximate surface area is 108 Å². The van der Waals surface area contributed by atoms with Crippen molar-refractivity contribution >= 4 is 37.3 Å². The van der Waals surface area contributed by atoms with Crippen molar-refractivity contribution in [2.75, 3.05) is 0 Å². The summed E-state index contributed by atoms with van der Waals surface area (Å²) in [4.78, 5) is 32.0. The van der Waals surface area contributed by atoms with Crippen LogP contribution in [0.2, 0.25) is 0 Å². The van der Waals surface area contributed by atoms with Crippen LogP contribution in [-0.4, -0.2) is 16.7 Å². The van der Waals surface area contributed by atoms with Crippen LogP contribution in [0, 0.1) is 13.7 Å². The second-order valence-electron chi connectivity index (χ2n) is 3.15. The topological polar surface area (TPSA) is 123 Å². The number of nitrogens with zero attached hydrogens (tertiary/aromatic N) is 1. The molecule has 1 aromatic carbocycles. The van der Waals surface area contributed by atoms with Crippen LogP contribution in [0.4, 0.5) is 5.69 Å². The number of halogens is 1. The highest BCUT2D eigenvalue weighted by atomic mass is 127. The summed E-state index contributed by atoms with van der Waals surface area (Å²) < 4.78 is 21.7. The number of hydrogen-bond acceptors (Lipinski definition) is 6. The molecule has 18 heavy (non-hydrogen) atoms. The summed E-state index contributed by atoms with van der Waals surface area (Å²) in [5, 5.41) is 12.4. The zero-order valence-corrected chi connectivity index (χ0v) is 11.2. The minimum atomic E-state index is -3.99. The zero-order chi connectivity index (χ0) is 13.9. The molecule has 0 spiro atoms. The Bertz CT molecular complexity index is 599. The van der Waals surface area contributed by atoms with E-state index in [2.05, 4.69) is 0 Å². The highest BCUT2D eigenvalue weighted by Crippen LogP contribution is 2.25. The monoisotopic (exact) mass is 366 g/mol. The number of rotatable bonds is 3. The van der Waals surface area contributed by atoms with E-state index in [-0.39, 0.29) is 3.57 Å². The summed E-state index contributed by atoms with van der Waals surface area (Å²) >= 11 is -3.99. The molecule has 0 aliphatic heterocycles. The molecule has 1 N–H and O–H groups in total. The minimum absolute atomic E-state index is 0.288. The van der Waals surface area contributed by atoms with Crippen LogP contribution in [0.25, 0.3) is 0 Å². The molecule has 96 valence electrons. The number of benzene rings is 1. The Kier molecular flexibility index (Phi) is 4.42. The summed E-state index contributed by atoms with van der Waals surface area (Å²) in [7, 11) is 0. The molecule has 9 heteroatoms. The van der Waals surface area contributed by atoms with E-state index in [1.807, 2.05) is 5.32 Å². The standard InChI is InChI=1S/C9H7IN2O6/c1-5(13)11-9(14)7-4-6(12(17)18)2-3-8(7)10(15)16/h2-4H,1H3,(H,11,13,14). The van der Waals surface area contributed by atoms with Crippen molar-refractivity contribution in [3.05, 3.63) is 37.4 Å². The molecular weight excluding hydrogens is 359 g/mol. The molecule has 0 unspecified atom stereocenters. The van der Waals surface area contributed by atoms with Gasteiger partial charge in [-0.15, -0.1) is 0 Å². The van der Waals surface area contributed by atoms with E-state index >= 15 is 0 Å². The molecule has 0 aromatic heterocycles. The second-order valence-corrected chi connectivity index (χ2v) is 5.55. The minimum Gasteiger partial charge on any atom is -0.293 e. The van der Waals surface area contributed by atoms with Gasteiger partial charge in [-0.1, -0.05) is 0 Å². The van der Waals surface area contributed by atoms with E-state index in [1.54, 1.807) is 0 Å². The van der Waals surface area contributed by atoms with Gasteiger partial charge < -0.3 is 0 Å². The maximum absolute atomic E-state index is 11.5. The predicted molar refractivity (Wildman–Crippen MR) is 65.3 cm³/mol. The molecule has 1 rings (SSSR count). The largest absolute Gasteiger partial charge is 0.341 e. The lowest BCUT2D eigenvalue weighted by Gasteiger charge is -2.03. The SMILES string of the molecule is CC(=O)NC(=O)c1cc([N+](=O)[O-])ccc1I(=O)=O. The van der Waals surface area contributed by atoms with E-state index < -0.39 is 47.8 Å². The Morgan fingerprint density at radius 2 is 1.94 bits per heavy atom. The van der Waals surface area contributed by atoms with E-state index in [0.29, 0.717) is 0 Å². The first-order chi connectivity index (χ1) is 8.32. The van der Waals surface area contributed by atoms with Gasteiger partial charge in [0.15, 0.2) is 0 Å². The van der Waals surface area contributed by atoms with Crippen molar-refractivity contribution in [2.45, 2.75) is 6.92 Å². The molecule has 0 saturated heterocycles. The first-order valence-corrected chi connectivity index (χ1v) is 7.32. The molecular formula is C9H7IN2O6. The van der Waals surface area contributed by atoms with Gasteiger partial charge in [0.2, 0.25) is 5.91 Å². The van der Waals surface area contributed by atoms with Gasteiger partial charge in [0, 0.05) is 19.1 Å². The van der Waals surface area contributed by atoms with Crippen molar-refractivity contribution in [3.63, 3.8) is 0 Å². The van der Waals surface area contributed by atoms with Gasteiger partial charge in [0.25, 0.3) is 11.6 Å². The Morgan fingerprint density at radius 1 is 1.33 bits per heavy atom. The lowest BCUT2D eigenvalue weighted by molar-refractivity contribution is -0.384. The van der Waals surface area contributed by atoms with Crippen LogP contribution in [0.15, 0.2) is 18.2 Å². The van der Waals surface area contributed by atoms with Crippen LogP contribution in [-0.2, 0) is 10.9 Å². The van der Waals surface area contributed by atoms with Gasteiger partial charge in [-0.25, -0.2) is 6.14 Å². The van der Waals surface area contributed by atoms with Gasteiger partial charge in [-0.2, -0.15) is 0 Å². The molecule has 0 bridgehead atoms. The third-order valence-electron chi connectivity index (χ3n) is 1.86. The van der Waals surface area contributed by atoms with Crippen LogP contribution in [0.3, 0.4) is 0 Å². The third kappa shape index (κ3) is 3.29. The molecule has 2 amide bonds. The first-order valence-electron chi connectivity index (χ1n) is 4.48. The fourth-order valence-corrected chi connectivity index (χ4v) is 2.51. The number of carbonyl (C=O) groups is 2. The van der Waals surface area contributed by atoms with Crippen LogP contribution < -0.4 is 5.32 Å². The van der Waals surface area contributed by atoms with E-state index in [9.17, 15) is 25.8 Å². The quantitative estimate of drug-likeness (QED) is 0.488. The molecule has 8 nitrogen and oxygen atoms in total. The van der Waals surface area contributed by atoms with Crippen molar-refractivity contribution in [1.29, 1.82) is 0 Å². The van der Waals surface area contributed by atoms with Crippen LogP contribution in [0.1, 0.15) is 17.3 Å². The smallest absolute Gasteiger partial charge is 0.293 e. The highest BCUT2D eigenvalue weighted by molar-refractivity contribution is 14.2. The van der Waals surface area contributed by atoms with E-state index in [0.717, 1.165) is 25.1 Å². The molecule has 0 aliphatic rings. The number of amides is 2. The number of imide groups is 1. The molecule has 0 radical (unpaired) electrons. The fourth-order valence-electron chi connectivity index (χ4n) is 1.16. The fraction of sp³-hybridized carbons (Fsp3) is 0.111. The van der Waals surface area contributed by atoms with Crippen LogP contribution in [0.5, 0.6) is 0 Å². The van der Waals surface area contributed by atoms with Gasteiger partial charge in [0.05, 0.1) is 14.1 Å². The molecule has 1 aromatic rings. The summed E-state index contributed by atoms with van der Waals surface area (Å²) in [5.74, 6) is -1.66. The lowest BCUT2D eigenvalue weighted by atomic mass is 10.2. The molecule has 0 aliphatic carbocycles. The molecule has 0 fully saturated rings. The number of carbonyl (C=O) groups excluding carboxylic acids is 2. The number of nitro benzene ring substituents is 1. The predicted octanol–water partition coefficient (Wildman–Crippen LogP) is 1.24. The van der Waals surface area contributed by atoms with Gasteiger partial charge in [-0.3, -0.25) is 25.0 Å². The van der Waals surface area contributed by atoms with Crippen molar-refractivity contribution in [1.82, 2.24) is 5.32 Å². The lowest BCUT2D eigenvalue weighted by Crippen LogP contribution is -2.28. The Balaban J connectivity index is 3.36. The van der Waals surface area contributed by atoms with Crippen LogP contribution >= 0.6 is 19.8 Å². The zero-order valence-electron chi connectivity index (χ0n) is 9.01. The van der Waals surface area contributed by atoms with Gasteiger partial charge >= 0.3 is 19.8 Å². The second kappa shape index (κ2) is 5.62.